The second-order valence-corrected chi connectivity index (χ2v) is 9.77. The van der Waals surface area contributed by atoms with Crippen molar-refractivity contribution >= 4 is 5.69 Å². The third-order valence-electron chi connectivity index (χ3n) is 6.50. The molecule has 3 fully saturated rings. The summed E-state index contributed by atoms with van der Waals surface area (Å²) >= 11 is 0. The van der Waals surface area contributed by atoms with Gasteiger partial charge in [-0.25, -0.2) is 0 Å². The summed E-state index contributed by atoms with van der Waals surface area (Å²) in [6.45, 7) is 9.61. The van der Waals surface area contributed by atoms with E-state index in [4.69, 9.17) is 33.2 Å². The fourth-order valence-electron chi connectivity index (χ4n) is 5.16. The Bertz CT molecular complexity index is 944. The lowest BCUT2D eigenvalue weighted by Crippen LogP contribution is -2.53. The van der Waals surface area contributed by atoms with E-state index < -0.39 is 36.0 Å². The van der Waals surface area contributed by atoms with E-state index in [2.05, 4.69) is 24.4 Å². The maximum Gasteiger partial charge on any atom is 0.236 e. The second kappa shape index (κ2) is 6.36. The molecule has 8 heteroatoms. The molecule has 0 amide bonds. The highest BCUT2D eigenvalue weighted by Gasteiger charge is 2.66. The van der Waals surface area contributed by atoms with Gasteiger partial charge in [0.1, 0.15) is 17.9 Å². The first kappa shape index (κ1) is 19.8. The van der Waals surface area contributed by atoms with E-state index in [-0.39, 0.29) is 12.1 Å². The van der Waals surface area contributed by atoms with Gasteiger partial charge in [0.2, 0.25) is 12.1 Å². The molecular formula is C23H29NO7. The van der Waals surface area contributed by atoms with Gasteiger partial charge in [0, 0.05) is 18.5 Å². The van der Waals surface area contributed by atoms with Crippen molar-refractivity contribution in [3.05, 3.63) is 41.3 Å². The van der Waals surface area contributed by atoms with E-state index in [1.54, 1.807) is 0 Å². The minimum Gasteiger partial charge on any atom is -0.462 e. The van der Waals surface area contributed by atoms with Crippen LogP contribution in [0.1, 0.15) is 46.1 Å². The number of rotatable bonds is 2. The standard InChI is InChI=1S/C23H29NO7/c1-12-8-6-7-9-13(12)24-18-17-20(30-22(4,5)27-17)31-23(18)11-10-14-15(28-23)16-19(25-14)29-21(2,3)26-16/h6-9,16-20,24H,10-11H2,1-5H3/t16-,17-,18+,19-,20+,23+/m1/s1. The molecule has 0 aliphatic carbocycles. The molecule has 5 heterocycles. The summed E-state index contributed by atoms with van der Waals surface area (Å²) in [4.78, 5) is 0. The monoisotopic (exact) mass is 431 g/mol. The van der Waals surface area contributed by atoms with Gasteiger partial charge in [-0.3, -0.25) is 0 Å². The Morgan fingerprint density at radius 2 is 1.65 bits per heavy atom. The molecule has 1 aromatic rings. The number of aryl methyl sites for hydroxylation is 1. The van der Waals surface area contributed by atoms with Gasteiger partial charge in [-0.05, 0) is 46.2 Å². The summed E-state index contributed by atoms with van der Waals surface area (Å²) in [7, 11) is 0. The summed E-state index contributed by atoms with van der Waals surface area (Å²) in [5.74, 6) is -1.01. The summed E-state index contributed by atoms with van der Waals surface area (Å²) < 4.78 is 43.3. The molecule has 0 bridgehead atoms. The highest BCUT2D eigenvalue weighted by Crippen LogP contribution is 2.53. The molecule has 0 unspecified atom stereocenters. The average molecular weight is 431 g/mol. The second-order valence-electron chi connectivity index (χ2n) is 9.77. The predicted octanol–water partition coefficient (Wildman–Crippen LogP) is 3.51. The van der Waals surface area contributed by atoms with Crippen LogP contribution >= 0.6 is 0 Å². The Kier molecular flexibility index (Phi) is 4.06. The number of nitrogens with one attached hydrogen (secondary N) is 1. The van der Waals surface area contributed by atoms with Gasteiger partial charge < -0.3 is 38.5 Å². The zero-order chi connectivity index (χ0) is 21.6. The summed E-state index contributed by atoms with van der Waals surface area (Å²) in [5, 5.41) is 3.64. The number of benzene rings is 1. The number of ether oxygens (including phenoxy) is 7. The van der Waals surface area contributed by atoms with Crippen LogP contribution in [-0.4, -0.2) is 48.2 Å². The maximum atomic E-state index is 6.60. The SMILES string of the molecule is Cc1ccccc1N[C@H]1[C@H]2OC(C)(C)O[C@H]2O[C@@]12CCC1=C(O2)[C@H]2OC(C)(C)O[C@H]2O1. The van der Waals surface area contributed by atoms with Crippen LogP contribution in [0, 0.1) is 6.92 Å². The van der Waals surface area contributed by atoms with E-state index in [9.17, 15) is 0 Å². The van der Waals surface area contributed by atoms with Crippen LogP contribution in [0.3, 0.4) is 0 Å². The molecule has 0 aromatic heterocycles. The van der Waals surface area contributed by atoms with Gasteiger partial charge in [0.25, 0.3) is 0 Å². The number of para-hydroxylation sites is 1. The normalized spacial score (nSPS) is 41.5. The van der Waals surface area contributed by atoms with Crippen LogP contribution in [-0.2, 0) is 33.2 Å². The third kappa shape index (κ3) is 3.08. The first-order chi connectivity index (χ1) is 14.6. The Morgan fingerprint density at radius 1 is 0.903 bits per heavy atom. The van der Waals surface area contributed by atoms with Crippen LogP contribution < -0.4 is 5.32 Å². The van der Waals surface area contributed by atoms with Crippen molar-refractivity contribution in [2.75, 3.05) is 5.32 Å². The molecule has 0 radical (unpaired) electrons. The van der Waals surface area contributed by atoms with Crippen molar-refractivity contribution in [2.45, 2.75) is 95.7 Å². The lowest BCUT2D eigenvalue weighted by Gasteiger charge is -2.40. The lowest BCUT2D eigenvalue weighted by molar-refractivity contribution is -0.296. The van der Waals surface area contributed by atoms with Gasteiger partial charge in [0.15, 0.2) is 29.7 Å². The molecule has 6 atom stereocenters. The van der Waals surface area contributed by atoms with Crippen LogP contribution in [0.2, 0.25) is 0 Å². The molecule has 8 nitrogen and oxygen atoms in total. The number of fused-ring (bicyclic) bond motifs is 3. The van der Waals surface area contributed by atoms with Gasteiger partial charge >= 0.3 is 0 Å². The topological polar surface area (TPSA) is 76.6 Å². The van der Waals surface area contributed by atoms with Gasteiger partial charge in [-0.15, -0.1) is 0 Å². The molecule has 1 spiro atoms. The van der Waals surface area contributed by atoms with Crippen molar-refractivity contribution in [3.8, 4) is 0 Å². The van der Waals surface area contributed by atoms with E-state index in [0.717, 1.165) is 17.0 Å². The molecule has 1 aromatic carbocycles. The third-order valence-corrected chi connectivity index (χ3v) is 6.50. The van der Waals surface area contributed by atoms with Gasteiger partial charge in [-0.1, -0.05) is 18.2 Å². The van der Waals surface area contributed by atoms with Gasteiger partial charge in [-0.2, -0.15) is 0 Å². The zero-order valence-corrected chi connectivity index (χ0v) is 18.5. The molecule has 5 aliphatic heterocycles. The van der Waals surface area contributed by atoms with Crippen molar-refractivity contribution in [3.63, 3.8) is 0 Å². The highest BCUT2D eigenvalue weighted by molar-refractivity contribution is 5.52. The molecular weight excluding hydrogens is 402 g/mol. The smallest absolute Gasteiger partial charge is 0.236 e. The first-order valence-electron chi connectivity index (χ1n) is 10.9. The Labute approximate surface area is 181 Å². The van der Waals surface area contributed by atoms with E-state index >= 15 is 0 Å². The fraction of sp³-hybridized carbons (Fsp3) is 0.652. The fourth-order valence-corrected chi connectivity index (χ4v) is 5.16. The minimum atomic E-state index is -0.971. The van der Waals surface area contributed by atoms with Crippen molar-refractivity contribution in [1.29, 1.82) is 0 Å². The molecule has 31 heavy (non-hydrogen) atoms. The maximum absolute atomic E-state index is 6.60. The Balaban J connectivity index is 1.33. The number of allylic oxidation sites excluding steroid dienone is 1. The average Bonchev–Trinajstić information content (AvgIpc) is 3.33. The Hall–Kier alpha value is -1.84. The van der Waals surface area contributed by atoms with Crippen LogP contribution in [0.5, 0.6) is 0 Å². The van der Waals surface area contributed by atoms with Crippen molar-refractivity contribution in [1.82, 2.24) is 0 Å². The number of hydrogen-bond acceptors (Lipinski definition) is 8. The molecule has 168 valence electrons. The zero-order valence-electron chi connectivity index (χ0n) is 18.5. The molecule has 5 aliphatic rings. The summed E-state index contributed by atoms with van der Waals surface area (Å²) in [5.41, 5.74) is 2.14. The Morgan fingerprint density at radius 3 is 2.45 bits per heavy atom. The molecule has 0 saturated carbocycles. The van der Waals surface area contributed by atoms with Crippen LogP contribution in [0.25, 0.3) is 0 Å². The largest absolute Gasteiger partial charge is 0.462 e. The van der Waals surface area contributed by atoms with E-state index in [1.165, 1.54) is 0 Å². The van der Waals surface area contributed by atoms with Gasteiger partial charge in [0.05, 0.1) is 0 Å². The summed E-state index contributed by atoms with van der Waals surface area (Å²) in [6, 6.07) is 7.86. The van der Waals surface area contributed by atoms with Crippen molar-refractivity contribution in [2.24, 2.45) is 0 Å². The van der Waals surface area contributed by atoms with Crippen LogP contribution in [0.4, 0.5) is 5.69 Å². The van der Waals surface area contributed by atoms with Crippen LogP contribution in [0.15, 0.2) is 35.8 Å². The first-order valence-corrected chi connectivity index (χ1v) is 10.9. The molecule has 1 N–H and O–H groups in total. The number of anilines is 1. The summed E-state index contributed by atoms with van der Waals surface area (Å²) in [6.07, 6.45) is -0.516. The lowest BCUT2D eigenvalue weighted by atomic mass is 9.95. The quantitative estimate of drug-likeness (QED) is 0.763. The molecule has 6 rings (SSSR count). The number of hydrogen-bond donors (Lipinski definition) is 1. The van der Waals surface area contributed by atoms with Crippen molar-refractivity contribution < 1.29 is 33.2 Å². The molecule has 3 saturated heterocycles. The predicted molar refractivity (Wildman–Crippen MR) is 108 cm³/mol. The van der Waals surface area contributed by atoms with E-state index in [1.807, 2.05) is 39.8 Å². The van der Waals surface area contributed by atoms with E-state index in [0.29, 0.717) is 18.6 Å². The minimum absolute atomic E-state index is 0.288. The highest BCUT2D eigenvalue weighted by atomic mass is 16.9.